The van der Waals surface area contributed by atoms with E-state index in [1.165, 1.54) is 0 Å². The molecule has 1 fully saturated rings. The summed E-state index contributed by atoms with van der Waals surface area (Å²) in [4.78, 5) is 6.43. The number of aromatic nitrogens is 1. The molecule has 21 heavy (non-hydrogen) atoms. The fraction of sp³-hybridized carbons (Fsp3) is 0.643. The maximum absolute atomic E-state index is 12.5. The first kappa shape index (κ1) is 16.2. The van der Waals surface area contributed by atoms with Gasteiger partial charge in [0.15, 0.2) is 0 Å². The smallest absolute Gasteiger partial charge is 0.244 e. The Kier molecular flexibility index (Phi) is 4.85. The van der Waals surface area contributed by atoms with Gasteiger partial charge in [-0.15, -0.1) is 0 Å². The van der Waals surface area contributed by atoms with Crippen molar-refractivity contribution in [2.75, 3.05) is 32.5 Å². The van der Waals surface area contributed by atoms with Crippen molar-refractivity contribution in [1.29, 1.82) is 0 Å². The second-order valence-electron chi connectivity index (χ2n) is 5.68. The zero-order valence-electron chi connectivity index (χ0n) is 12.9. The molecule has 1 aliphatic carbocycles. The van der Waals surface area contributed by atoms with Gasteiger partial charge in [-0.25, -0.2) is 18.1 Å². The van der Waals surface area contributed by atoms with E-state index in [1.54, 1.807) is 18.3 Å². The van der Waals surface area contributed by atoms with E-state index < -0.39 is 10.0 Å². The Morgan fingerprint density at radius 2 is 2.10 bits per heavy atom. The Labute approximate surface area is 127 Å². The van der Waals surface area contributed by atoms with Gasteiger partial charge >= 0.3 is 0 Å². The highest BCUT2D eigenvalue weighted by Crippen LogP contribution is 2.35. The lowest BCUT2D eigenvalue weighted by atomic mass is 9.76. The number of sulfonamides is 1. The molecule has 0 aliphatic heterocycles. The predicted molar refractivity (Wildman–Crippen MR) is 83.9 cm³/mol. The summed E-state index contributed by atoms with van der Waals surface area (Å²) >= 11 is 0. The molecule has 0 bridgehead atoms. The molecule has 1 heterocycles. The van der Waals surface area contributed by atoms with Crippen molar-refractivity contribution in [2.45, 2.75) is 36.6 Å². The van der Waals surface area contributed by atoms with E-state index in [1.807, 2.05) is 21.0 Å². The summed E-state index contributed by atoms with van der Waals surface area (Å²) in [5, 5.41) is 2.99. The quantitative estimate of drug-likeness (QED) is 0.793. The first-order chi connectivity index (χ1) is 9.91. The minimum atomic E-state index is -3.56. The second kappa shape index (κ2) is 6.29. The minimum Gasteiger partial charge on any atom is -0.369 e. The third kappa shape index (κ3) is 3.36. The Morgan fingerprint density at radius 1 is 1.38 bits per heavy atom. The van der Waals surface area contributed by atoms with Gasteiger partial charge in [0.25, 0.3) is 0 Å². The van der Waals surface area contributed by atoms with Crippen LogP contribution in [0.3, 0.4) is 0 Å². The highest BCUT2D eigenvalue weighted by molar-refractivity contribution is 7.89. The Hall–Kier alpha value is -1.18. The number of hydrogen-bond acceptors (Lipinski definition) is 5. The number of rotatable bonds is 7. The second-order valence-corrected chi connectivity index (χ2v) is 7.41. The molecule has 1 saturated carbocycles. The molecule has 7 heteroatoms. The van der Waals surface area contributed by atoms with Crippen LogP contribution in [0.25, 0.3) is 0 Å². The summed E-state index contributed by atoms with van der Waals surface area (Å²) in [6, 6.07) is 3.22. The standard InChI is InChI=1S/C14H24N4O2S/c1-4-15-13-12(7-5-10-16-13)21(19,20)17-11-14(18(2)3)8-6-9-14/h5,7,10,17H,4,6,8-9,11H2,1-3H3,(H,15,16). The average molecular weight is 312 g/mol. The van der Waals surface area contributed by atoms with Crippen molar-refractivity contribution in [2.24, 2.45) is 0 Å². The summed E-state index contributed by atoms with van der Waals surface area (Å²) in [6.07, 6.45) is 4.78. The van der Waals surface area contributed by atoms with Crippen LogP contribution in [0, 0.1) is 0 Å². The van der Waals surface area contributed by atoms with Gasteiger partial charge in [-0.1, -0.05) is 0 Å². The van der Waals surface area contributed by atoms with Crippen molar-refractivity contribution < 1.29 is 8.42 Å². The molecule has 0 amide bonds. The van der Waals surface area contributed by atoms with Crippen LogP contribution in [-0.2, 0) is 10.0 Å². The van der Waals surface area contributed by atoms with E-state index in [0.717, 1.165) is 19.3 Å². The highest BCUT2D eigenvalue weighted by Gasteiger charge is 2.40. The van der Waals surface area contributed by atoms with E-state index in [2.05, 4.69) is 19.9 Å². The number of hydrogen-bond donors (Lipinski definition) is 2. The monoisotopic (exact) mass is 312 g/mol. The molecule has 1 aromatic heterocycles. The number of likely N-dealkylation sites (N-methyl/N-ethyl adjacent to an activating group) is 1. The molecule has 0 saturated heterocycles. The molecule has 6 nitrogen and oxygen atoms in total. The molecule has 1 aromatic rings. The van der Waals surface area contributed by atoms with Crippen molar-refractivity contribution in [1.82, 2.24) is 14.6 Å². The van der Waals surface area contributed by atoms with Crippen molar-refractivity contribution in [3.8, 4) is 0 Å². The van der Waals surface area contributed by atoms with Gasteiger partial charge in [0, 0.05) is 24.8 Å². The number of nitrogens with one attached hydrogen (secondary N) is 2. The van der Waals surface area contributed by atoms with Crippen molar-refractivity contribution in [3.05, 3.63) is 18.3 Å². The van der Waals surface area contributed by atoms with E-state index in [-0.39, 0.29) is 10.4 Å². The van der Waals surface area contributed by atoms with Gasteiger partial charge in [0.1, 0.15) is 10.7 Å². The summed E-state index contributed by atoms with van der Waals surface area (Å²) in [7, 11) is 0.445. The number of pyridine rings is 1. The van der Waals surface area contributed by atoms with Crippen LogP contribution in [0.1, 0.15) is 26.2 Å². The van der Waals surface area contributed by atoms with E-state index in [4.69, 9.17) is 0 Å². The molecule has 1 aliphatic rings. The zero-order chi connectivity index (χ0) is 15.5. The third-order valence-electron chi connectivity index (χ3n) is 4.23. The van der Waals surface area contributed by atoms with Gasteiger partial charge in [0.2, 0.25) is 10.0 Å². The summed E-state index contributed by atoms with van der Waals surface area (Å²) < 4.78 is 27.8. The minimum absolute atomic E-state index is 0.0480. The van der Waals surface area contributed by atoms with Crippen molar-refractivity contribution in [3.63, 3.8) is 0 Å². The molecule has 0 aromatic carbocycles. The van der Waals surface area contributed by atoms with Crippen molar-refractivity contribution >= 4 is 15.8 Å². The molecular formula is C14H24N4O2S. The first-order valence-corrected chi connectivity index (χ1v) is 8.75. The summed E-state index contributed by atoms with van der Waals surface area (Å²) in [5.74, 6) is 0.403. The highest BCUT2D eigenvalue weighted by atomic mass is 32.2. The molecule has 2 rings (SSSR count). The predicted octanol–water partition coefficient (Wildman–Crippen LogP) is 1.28. The van der Waals surface area contributed by atoms with Crippen LogP contribution in [0.5, 0.6) is 0 Å². The Bertz CT molecular complexity index is 582. The number of nitrogens with zero attached hydrogens (tertiary/aromatic N) is 2. The molecule has 0 radical (unpaired) electrons. The first-order valence-electron chi connectivity index (χ1n) is 7.27. The molecule has 0 atom stereocenters. The normalized spacial score (nSPS) is 17.5. The van der Waals surface area contributed by atoms with Gasteiger partial charge in [0.05, 0.1) is 0 Å². The molecular weight excluding hydrogens is 288 g/mol. The topological polar surface area (TPSA) is 74.3 Å². The molecule has 118 valence electrons. The van der Waals surface area contributed by atoms with Crippen LogP contribution in [0.2, 0.25) is 0 Å². The van der Waals surface area contributed by atoms with Gasteiger partial charge in [-0.3, -0.25) is 0 Å². The van der Waals surface area contributed by atoms with Gasteiger partial charge < -0.3 is 10.2 Å². The maximum Gasteiger partial charge on any atom is 0.244 e. The van der Waals surface area contributed by atoms with Crippen LogP contribution in [0.15, 0.2) is 23.2 Å². The van der Waals surface area contributed by atoms with Crippen LogP contribution in [0.4, 0.5) is 5.82 Å². The van der Waals surface area contributed by atoms with Gasteiger partial charge in [-0.2, -0.15) is 0 Å². The molecule has 2 N–H and O–H groups in total. The summed E-state index contributed by atoms with van der Waals surface area (Å²) in [6.45, 7) is 2.97. The molecule has 0 spiro atoms. The van der Waals surface area contributed by atoms with Crippen LogP contribution in [-0.4, -0.2) is 51.0 Å². The average Bonchev–Trinajstić information content (AvgIpc) is 2.37. The Balaban J connectivity index is 2.15. The van der Waals surface area contributed by atoms with E-state index in [0.29, 0.717) is 18.9 Å². The zero-order valence-corrected chi connectivity index (χ0v) is 13.7. The van der Waals surface area contributed by atoms with E-state index >= 15 is 0 Å². The lowest BCUT2D eigenvalue weighted by Crippen LogP contribution is -2.57. The SMILES string of the molecule is CCNc1ncccc1S(=O)(=O)NCC1(N(C)C)CCC1. The maximum atomic E-state index is 12.5. The number of anilines is 1. The third-order valence-corrected chi connectivity index (χ3v) is 5.66. The van der Waals surface area contributed by atoms with Crippen LogP contribution < -0.4 is 10.0 Å². The lowest BCUT2D eigenvalue weighted by molar-refractivity contribution is 0.0657. The molecule has 0 unspecified atom stereocenters. The fourth-order valence-electron chi connectivity index (χ4n) is 2.58. The van der Waals surface area contributed by atoms with Crippen LogP contribution >= 0.6 is 0 Å². The summed E-state index contributed by atoms with van der Waals surface area (Å²) in [5.41, 5.74) is -0.0480. The van der Waals surface area contributed by atoms with E-state index in [9.17, 15) is 8.42 Å². The fourth-order valence-corrected chi connectivity index (χ4v) is 3.83. The lowest BCUT2D eigenvalue weighted by Gasteiger charge is -2.47. The van der Waals surface area contributed by atoms with Gasteiger partial charge in [-0.05, 0) is 52.4 Å². The Morgan fingerprint density at radius 3 is 2.62 bits per heavy atom. The largest absolute Gasteiger partial charge is 0.369 e.